The molecule has 0 aliphatic heterocycles. The first-order valence-electron chi connectivity index (χ1n) is 7.01. The molecule has 0 heterocycles. The zero-order chi connectivity index (χ0) is 15.2. The summed E-state index contributed by atoms with van der Waals surface area (Å²) in [5.74, 6) is 0.396. The number of nitro groups is 1. The van der Waals surface area contributed by atoms with Gasteiger partial charge in [0.15, 0.2) is 0 Å². The van der Waals surface area contributed by atoms with Crippen LogP contribution in [0.3, 0.4) is 0 Å². The minimum atomic E-state index is -0.303. The number of nitrogens with zero attached hydrogens (tertiary/aromatic N) is 1. The molecule has 0 amide bonds. The lowest BCUT2D eigenvalue weighted by molar-refractivity contribution is -0.385. The Labute approximate surface area is 133 Å². The molecule has 2 rings (SSSR count). The Balaban J connectivity index is 2.01. The van der Waals surface area contributed by atoms with Crippen LogP contribution in [0, 0.1) is 16.0 Å². The molecule has 0 spiro atoms. The van der Waals surface area contributed by atoms with Crippen molar-refractivity contribution in [1.29, 1.82) is 0 Å². The second-order valence-electron chi connectivity index (χ2n) is 5.21. The maximum absolute atomic E-state index is 11.0. The number of hydrogen-bond donors (Lipinski definition) is 0. The highest BCUT2D eigenvalue weighted by Crippen LogP contribution is 2.34. The van der Waals surface area contributed by atoms with Crippen LogP contribution in [0.25, 0.3) is 0 Å². The summed E-state index contributed by atoms with van der Waals surface area (Å²) in [5.41, 5.74) is 2.27. The molecule has 0 radical (unpaired) electrons. The Morgan fingerprint density at radius 3 is 2.38 bits per heavy atom. The number of rotatable bonds is 6. The van der Waals surface area contributed by atoms with E-state index in [-0.39, 0.29) is 15.4 Å². The Morgan fingerprint density at radius 2 is 1.71 bits per heavy atom. The van der Waals surface area contributed by atoms with Crippen molar-refractivity contribution in [1.82, 2.24) is 0 Å². The van der Waals surface area contributed by atoms with Crippen molar-refractivity contribution in [2.24, 2.45) is 5.92 Å². The molecule has 2 unspecified atom stereocenters. The fourth-order valence-electron chi connectivity index (χ4n) is 2.40. The first-order chi connectivity index (χ1) is 10.1. The highest BCUT2D eigenvalue weighted by atomic mass is 79.9. The number of aryl methyl sites for hydroxylation is 1. The van der Waals surface area contributed by atoms with Crippen molar-refractivity contribution >= 4 is 21.6 Å². The summed E-state index contributed by atoms with van der Waals surface area (Å²) in [6, 6.07) is 17.2. The quantitative estimate of drug-likeness (QED) is 0.404. The molecule has 0 aromatic heterocycles. The van der Waals surface area contributed by atoms with Gasteiger partial charge in [-0.3, -0.25) is 10.1 Å². The van der Waals surface area contributed by atoms with Gasteiger partial charge in [0.2, 0.25) is 0 Å². The van der Waals surface area contributed by atoms with Gasteiger partial charge in [0.25, 0.3) is 5.69 Å². The third-order valence-corrected chi connectivity index (χ3v) is 5.11. The summed E-state index contributed by atoms with van der Waals surface area (Å²) in [6.45, 7) is 2.17. The van der Waals surface area contributed by atoms with Crippen LogP contribution in [-0.2, 0) is 6.42 Å². The summed E-state index contributed by atoms with van der Waals surface area (Å²) in [5, 5.41) is 11.0. The van der Waals surface area contributed by atoms with Crippen LogP contribution in [0.1, 0.15) is 29.3 Å². The molecule has 2 aromatic rings. The van der Waals surface area contributed by atoms with Crippen LogP contribution in [0.2, 0.25) is 0 Å². The molecule has 2 atom stereocenters. The van der Waals surface area contributed by atoms with Crippen LogP contribution >= 0.6 is 15.9 Å². The predicted molar refractivity (Wildman–Crippen MR) is 88.7 cm³/mol. The number of alkyl halides is 1. The minimum Gasteiger partial charge on any atom is -0.258 e. The molecule has 0 saturated carbocycles. The number of hydrogen-bond acceptors (Lipinski definition) is 2. The van der Waals surface area contributed by atoms with Crippen molar-refractivity contribution in [3.05, 3.63) is 75.8 Å². The fraction of sp³-hybridized carbons (Fsp3) is 0.294. The van der Waals surface area contributed by atoms with Crippen molar-refractivity contribution in [3.63, 3.8) is 0 Å². The van der Waals surface area contributed by atoms with Crippen LogP contribution in [0.4, 0.5) is 5.69 Å². The SMILES string of the molecule is CC(CCc1ccccc1[N+](=O)[O-])C(Br)c1ccccc1. The zero-order valence-corrected chi connectivity index (χ0v) is 13.5. The van der Waals surface area contributed by atoms with Crippen LogP contribution in [0.15, 0.2) is 54.6 Å². The van der Waals surface area contributed by atoms with E-state index >= 15 is 0 Å². The molecule has 0 fully saturated rings. The van der Waals surface area contributed by atoms with Crippen LogP contribution < -0.4 is 0 Å². The largest absolute Gasteiger partial charge is 0.272 e. The monoisotopic (exact) mass is 347 g/mol. The molecule has 2 aromatic carbocycles. The number of benzene rings is 2. The molecule has 0 N–H and O–H groups in total. The van der Waals surface area contributed by atoms with Crippen molar-refractivity contribution in [3.8, 4) is 0 Å². The Morgan fingerprint density at radius 1 is 1.10 bits per heavy atom. The first-order valence-corrected chi connectivity index (χ1v) is 7.92. The molecular weight excluding hydrogens is 330 g/mol. The highest BCUT2D eigenvalue weighted by molar-refractivity contribution is 9.09. The van der Waals surface area contributed by atoms with E-state index in [1.165, 1.54) is 5.56 Å². The van der Waals surface area contributed by atoms with Gasteiger partial charge >= 0.3 is 0 Å². The fourth-order valence-corrected chi connectivity index (χ4v) is 2.96. The Kier molecular flexibility index (Phi) is 5.51. The van der Waals surface area contributed by atoms with Gasteiger partial charge in [-0.05, 0) is 24.3 Å². The molecule has 0 aliphatic rings. The van der Waals surface area contributed by atoms with Gasteiger partial charge in [0.05, 0.1) is 4.92 Å². The van der Waals surface area contributed by atoms with Crippen molar-refractivity contribution in [2.75, 3.05) is 0 Å². The molecular formula is C17H18BrNO2. The van der Waals surface area contributed by atoms with Gasteiger partial charge in [0, 0.05) is 16.5 Å². The average Bonchev–Trinajstić information content (AvgIpc) is 2.52. The smallest absolute Gasteiger partial charge is 0.258 e. The van der Waals surface area contributed by atoms with Crippen LogP contribution in [0.5, 0.6) is 0 Å². The molecule has 3 nitrogen and oxygen atoms in total. The summed E-state index contributed by atoms with van der Waals surface area (Å²) in [7, 11) is 0. The van der Waals surface area contributed by atoms with Gasteiger partial charge in [-0.1, -0.05) is 71.4 Å². The summed E-state index contributed by atoms with van der Waals surface area (Å²) in [4.78, 5) is 11.0. The predicted octanol–water partition coefficient (Wildman–Crippen LogP) is 5.30. The second-order valence-corrected chi connectivity index (χ2v) is 6.20. The maximum Gasteiger partial charge on any atom is 0.272 e. The third-order valence-electron chi connectivity index (χ3n) is 3.67. The molecule has 21 heavy (non-hydrogen) atoms. The standard InChI is InChI=1S/C17H18BrNO2/c1-13(17(18)15-8-3-2-4-9-15)11-12-14-7-5-6-10-16(14)19(20)21/h2-10,13,17H,11-12H2,1H3. The van der Waals surface area contributed by atoms with Crippen molar-refractivity contribution in [2.45, 2.75) is 24.6 Å². The van der Waals surface area contributed by atoms with Gasteiger partial charge in [-0.15, -0.1) is 0 Å². The van der Waals surface area contributed by atoms with E-state index in [4.69, 9.17) is 0 Å². The van der Waals surface area contributed by atoms with Gasteiger partial charge in [0.1, 0.15) is 0 Å². The molecule has 0 saturated heterocycles. The first kappa shape index (κ1) is 15.7. The summed E-state index contributed by atoms with van der Waals surface area (Å²) in [6.07, 6.45) is 1.61. The van der Waals surface area contributed by atoms with Crippen LogP contribution in [-0.4, -0.2) is 4.92 Å². The number of para-hydroxylation sites is 1. The van der Waals surface area contributed by atoms with E-state index in [9.17, 15) is 10.1 Å². The van der Waals surface area contributed by atoms with E-state index in [0.29, 0.717) is 12.3 Å². The lowest BCUT2D eigenvalue weighted by atomic mass is 9.94. The average molecular weight is 348 g/mol. The number of nitro benzene ring substituents is 1. The second kappa shape index (κ2) is 7.36. The van der Waals surface area contributed by atoms with E-state index in [1.54, 1.807) is 12.1 Å². The molecule has 110 valence electrons. The lowest BCUT2D eigenvalue weighted by Gasteiger charge is -2.18. The normalized spacial score (nSPS) is 13.6. The molecule has 4 heteroatoms. The minimum absolute atomic E-state index is 0.218. The lowest BCUT2D eigenvalue weighted by Crippen LogP contribution is -2.06. The topological polar surface area (TPSA) is 43.1 Å². The Hall–Kier alpha value is -1.68. The summed E-state index contributed by atoms with van der Waals surface area (Å²) < 4.78 is 0. The zero-order valence-electron chi connectivity index (χ0n) is 11.9. The van der Waals surface area contributed by atoms with Gasteiger partial charge in [-0.25, -0.2) is 0 Å². The van der Waals surface area contributed by atoms with Gasteiger partial charge < -0.3 is 0 Å². The van der Waals surface area contributed by atoms with E-state index in [0.717, 1.165) is 12.0 Å². The van der Waals surface area contributed by atoms with Gasteiger partial charge in [-0.2, -0.15) is 0 Å². The highest BCUT2D eigenvalue weighted by Gasteiger charge is 2.18. The van der Waals surface area contributed by atoms with E-state index in [1.807, 2.05) is 30.3 Å². The Bertz CT molecular complexity index is 601. The van der Waals surface area contributed by atoms with E-state index < -0.39 is 0 Å². The van der Waals surface area contributed by atoms with Crippen molar-refractivity contribution < 1.29 is 4.92 Å². The number of halogens is 1. The van der Waals surface area contributed by atoms with E-state index in [2.05, 4.69) is 35.0 Å². The maximum atomic E-state index is 11.0. The summed E-state index contributed by atoms with van der Waals surface area (Å²) >= 11 is 3.74. The molecule has 0 bridgehead atoms. The third kappa shape index (κ3) is 4.14. The molecule has 0 aliphatic carbocycles.